The van der Waals surface area contributed by atoms with Gasteiger partial charge in [-0.15, -0.1) is 0 Å². The van der Waals surface area contributed by atoms with Gasteiger partial charge in [-0.3, -0.25) is 9.78 Å². The molecule has 1 saturated heterocycles. The van der Waals surface area contributed by atoms with Crippen LogP contribution in [0.15, 0.2) is 36.4 Å². The number of nitrogens with zero attached hydrogens (tertiary/aromatic N) is 2. The lowest BCUT2D eigenvalue weighted by molar-refractivity contribution is -0.132. The Kier molecular flexibility index (Phi) is 5.46. The van der Waals surface area contributed by atoms with Gasteiger partial charge >= 0.3 is 0 Å². The highest BCUT2D eigenvalue weighted by molar-refractivity contribution is 5.79. The van der Waals surface area contributed by atoms with Crippen LogP contribution in [-0.4, -0.2) is 34.5 Å². The van der Waals surface area contributed by atoms with Crippen molar-refractivity contribution in [3.8, 4) is 0 Å². The maximum atomic E-state index is 12.5. The lowest BCUT2D eigenvalue weighted by Gasteiger charge is -2.21. The van der Waals surface area contributed by atoms with Crippen molar-refractivity contribution in [1.29, 1.82) is 0 Å². The second-order valence-electron chi connectivity index (χ2n) is 6.59. The van der Waals surface area contributed by atoms with Crippen LogP contribution in [0.4, 0.5) is 0 Å². The molecule has 0 bridgehead atoms. The third-order valence-corrected chi connectivity index (χ3v) is 4.74. The van der Waals surface area contributed by atoms with Crippen molar-refractivity contribution in [1.82, 2.24) is 9.88 Å². The lowest BCUT2D eigenvalue weighted by atomic mass is 10.1. The molecule has 4 heteroatoms. The van der Waals surface area contributed by atoms with Gasteiger partial charge in [0.25, 0.3) is 0 Å². The number of carbonyl (C=O) groups excluding carboxylic acids is 1. The van der Waals surface area contributed by atoms with Crippen molar-refractivity contribution in [2.75, 3.05) is 6.54 Å². The van der Waals surface area contributed by atoms with Crippen LogP contribution in [0.5, 0.6) is 0 Å². The molecular weight excluding hydrogens is 300 g/mol. The van der Waals surface area contributed by atoms with Crippen LogP contribution >= 0.6 is 0 Å². The number of carbonyl (C=O) groups is 1. The number of para-hydroxylation sites is 1. The van der Waals surface area contributed by atoms with Crippen molar-refractivity contribution in [3.63, 3.8) is 0 Å². The van der Waals surface area contributed by atoms with Crippen molar-refractivity contribution < 1.29 is 9.53 Å². The van der Waals surface area contributed by atoms with Crippen molar-refractivity contribution >= 4 is 16.8 Å². The fourth-order valence-corrected chi connectivity index (χ4v) is 3.31. The Balaban J connectivity index is 1.59. The number of pyridine rings is 1. The first-order valence-corrected chi connectivity index (χ1v) is 8.93. The van der Waals surface area contributed by atoms with Crippen LogP contribution in [0.1, 0.15) is 45.2 Å². The van der Waals surface area contributed by atoms with Gasteiger partial charge in [-0.2, -0.15) is 0 Å². The molecule has 0 saturated carbocycles. The molecule has 1 aliphatic rings. The SMILES string of the molecule is CCN(Cc1ccc2ccccc2n1)C(=O)CC[C@@H]1CC[C@@H](C)O1. The average Bonchev–Trinajstić information content (AvgIpc) is 3.02. The molecule has 1 aromatic heterocycles. The van der Waals surface area contributed by atoms with E-state index in [1.54, 1.807) is 0 Å². The van der Waals surface area contributed by atoms with E-state index in [0.717, 1.165) is 35.9 Å². The highest BCUT2D eigenvalue weighted by atomic mass is 16.5. The van der Waals surface area contributed by atoms with E-state index >= 15 is 0 Å². The number of hydrogen-bond acceptors (Lipinski definition) is 3. The first-order chi connectivity index (χ1) is 11.7. The molecule has 128 valence electrons. The second kappa shape index (κ2) is 7.75. The van der Waals surface area contributed by atoms with Crippen molar-refractivity contribution in [2.45, 2.75) is 58.3 Å². The van der Waals surface area contributed by atoms with Crippen LogP contribution in [0.2, 0.25) is 0 Å². The summed E-state index contributed by atoms with van der Waals surface area (Å²) in [6.07, 6.45) is 4.16. The van der Waals surface area contributed by atoms with Gasteiger partial charge in [0, 0.05) is 18.4 Å². The molecule has 0 aliphatic carbocycles. The third-order valence-electron chi connectivity index (χ3n) is 4.74. The maximum Gasteiger partial charge on any atom is 0.223 e. The number of aromatic nitrogens is 1. The zero-order chi connectivity index (χ0) is 16.9. The third kappa shape index (κ3) is 4.12. The Morgan fingerprint density at radius 1 is 1.25 bits per heavy atom. The first kappa shape index (κ1) is 16.9. The largest absolute Gasteiger partial charge is 0.375 e. The van der Waals surface area contributed by atoms with Crippen LogP contribution < -0.4 is 0 Å². The molecule has 24 heavy (non-hydrogen) atoms. The summed E-state index contributed by atoms with van der Waals surface area (Å²) in [5, 5.41) is 1.13. The van der Waals surface area contributed by atoms with Crippen LogP contribution in [-0.2, 0) is 16.1 Å². The van der Waals surface area contributed by atoms with E-state index in [1.165, 1.54) is 0 Å². The lowest BCUT2D eigenvalue weighted by Crippen LogP contribution is -2.31. The summed E-state index contributed by atoms with van der Waals surface area (Å²) in [6, 6.07) is 12.2. The number of hydrogen-bond donors (Lipinski definition) is 0. The number of benzene rings is 1. The monoisotopic (exact) mass is 326 g/mol. The van der Waals surface area contributed by atoms with Crippen LogP contribution in [0, 0.1) is 0 Å². The van der Waals surface area contributed by atoms with Gasteiger partial charge in [-0.25, -0.2) is 0 Å². The molecule has 0 unspecified atom stereocenters. The zero-order valence-corrected chi connectivity index (χ0v) is 14.6. The van der Waals surface area contributed by atoms with Gasteiger partial charge in [-0.1, -0.05) is 24.3 Å². The standard InChI is InChI=1S/C20H26N2O2/c1-3-22(20(23)13-12-18-11-8-15(2)24-18)14-17-10-9-16-6-4-5-7-19(16)21-17/h4-7,9-10,15,18H,3,8,11-14H2,1-2H3/t15-,18+/m1/s1. The van der Waals surface area contributed by atoms with E-state index in [9.17, 15) is 4.79 Å². The molecule has 1 aliphatic heterocycles. The maximum absolute atomic E-state index is 12.5. The van der Waals surface area contributed by atoms with Gasteiger partial charge in [0.2, 0.25) is 5.91 Å². The summed E-state index contributed by atoms with van der Waals surface area (Å²) in [7, 11) is 0. The molecule has 1 amide bonds. The quantitative estimate of drug-likeness (QED) is 0.808. The summed E-state index contributed by atoms with van der Waals surface area (Å²) >= 11 is 0. The fraction of sp³-hybridized carbons (Fsp3) is 0.500. The minimum Gasteiger partial charge on any atom is -0.375 e. The molecule has 0 radical (unpaired) electrons. The van der Waals surface area contributed by atoms with E-state index in [1.807, 2.05) is 36.1 Å². The van der Waals surface area contributed by atoms with E-state index < -0.39 is 0 Å². The Morgan fingerprint density at radius 3 is 2.83 bits per heavy atom. The van der Waals surface area contributed by atoms with Gasteiger partial charge < -0.3 is 9.64 Å². The number of fused-ring (bicyclic) bond motifs is 1. The normalized spacial score (nSPS) is 20.4. The number of amides is 1. The van der Waals surface area contributed by atoms with Crippen LogP contribution in [0.3, 0.4) is 0 Å². The smallest absolute Gasteiger partial charge is 0.223 e. The van der Waals surface area contributed by atoms with Gasteiger partial charge in [0.15, 0.2) is 0 Å². The fourth-order valence-electron chi connectivity index (χ4n) is 3.31. The summed E-state index contributed by atoms with van der Waals surface area (Å²) in [6.45, 7) is 5.40. The average molecular weight is 326 g/mol. The predicted octanol–water partition coefficient (Wildman–Crippen LogP) is 3.93. The van der Waals surface area contributed by atoms with Crippen molar-refractivity contribution in [2.24, 2.45) is 0 Å². The molecular formula is C20H26N2O2. The Bertz CT molecular complexity index is 701. The Morgan fingerprint density at radius 2 is 2.08 bits per heavy atom. The molecule has 2 heterocycles. The molecule has 2 aromatic rings. The highest BCUT2D eigenvalue weighted by Gasteiger charge is 2.23. The summed E-state index contributed by atoms with van der Waals surface area (Å²) in [4.78, 5) is 19.1. The van der Waals surface area contributed by atoms with Gasteiger partial charge in [0.1, 0.15) is 0 Å². The van der Waals surface area contributed by atoms with E-state index in [-0.39, 0.29) is 12.0 Å². The molecule has 2 atom stereocenters. The van der Waals surface area contributed by atoms with Crippen LogP contribution in [0.25, 0.3) is 10.9 Å². The van der Waals surface area contributed by atoms with E-state index in [2.05, 4.69) is 24.0 Å². The second-order valence-corrected chi connectivity index (χ2v) is 6.59. The predicted molar refractivity (Wildman–Crippen MR) is 95.6 cm³/mol. The summed E-state index contributed by atoms with van der Waals surface area (Å²) < 4.78 is 5.81. The molecule has 1 fully saturated rings. The first-order valence-electron chi connectivity index (χ1n) is 8.93. The van der Waals surface area contributed by atoms with Gasteiger partial charge in [0.05, 0.1) is 30.0 Å². The number of rotatable bonds is 6. The van der Waals surface area contributed by atoms with Gasteiger partial charge in [-0.05, 0) is 45.2 Å². The Labute approximate surface area is 143 Å². The minimum absolute atomic E-state index is 0.190. The summed E-state index contributed by atoms with van der Waals surface area (Å²) in [5.74, 6) is 0.190. The topological polar surface area (TPSA) is 42.4 Å². The Hall–Kier alpha value is -1.94. The summed E-state index contributed by atoms with van der Waals surface area (Å²) in [5.41, 5.74) is 1.92. The van der Waals surface area contributed by atoms with E-state index in [4.69, 9.17) is 4.74 Å². The molecule has 0 N–H and O–H groups in total. The molecule has 0 spiro atoms. The van der Waals surface area contributed by atoms with Crippen molar-refractivity contribution in [3.05, 3.63) is 42.1 Å². The molecule has 1 aromatic carbocycles. The molecule has 4 nitrogen and oxygen atoms in total. The number of ether oxygens (including phenoxy) is 1. The highest BCUT2D eigenvalue weighted by Crippen LogP contribution is 2.23. The molecule has 3 rings (SSSR count). The van der Waals surface area contributed by atoms with E-state index in [0.29, 0.717) is 25.6 Å². The zero-order valence-electron chi connectivity index (χ0n) is 14.6. The minimum atomic E-state index is 0.190.